The molecule has 0 spiro atoms. The number of anilines is 1. The fourth-order valence-electron chi connectivity index (χ4n) is 2.84. The normalized spacial score (nSPS) is 11.0. The van der Waals surface area contributed by atoms with Crippen LogP contribution in [0.25, 0.3) is 10.9 Å². The highest BCUT2D eigenvalue weighted by Gasteiger charge is 2.12. The summed E-state index contributed by atoms with van der Waals surface area (Å²) in [4.78, 5) is 27.5. The first kappa shape index (κ1) is 20.2. The van der Waals surface area contributed by atoms with E-state index in [-0.39, 0.29) is 18.2 Å². The number of carbonyl (C=O) groups is 2. The zero-order valence-electron chi connectivity index (χ0n) is 16.5. The van der Waals surface area contributed by atoms with Crippen LogP contribution in [0.2, 0.25) is 0 Å². The second kappa shape index (κ2) is 9.18. The summed E-state index contributed by atoms with van der Waals surface area (Å²) in [5.74, 6) is 0.00604. The number of carbonyl (C=O) groups excluding carboxylic acids is 2. The summed E-state index contributed by atoms with van der Waals surface area (Å²) in [6, 6.07) is 14.5. The van der Waals surface area contributed by atoms with Gasteiger partial charge in [0, 0.05) is 28.2 Å². The van der Waals surface area contributed by atoms with Crippen LogP contribution >= 0.6 is 11.3 Å². The van der Waals surface area contributed by atoms with Crippen LogP contribution in [0.4, 0.5) is 5.13 Å². The lowest BCUT2D eigenvalue weighted by atomic mass is 10.2. The predicted octanol–water partition coefficient (Wildman–Crippen LogP) is 2.97. The number of rotatable bonds is 7. The van der Waals surface area contributed by atoms with Gasteiger partial charge in [-0.05, 0) is 30.3 Å². The first-order chi connectivity index (χ1) is 15.1. The first-order valence-electron chi connectivity index (χ1n) is 9.28. The van der Waals surface area contributed by atoms with Crippen molar-refractivity contribution in [3.63, 3.8) is 0 Å². The second-order valence-corrected chi connectivity index (χ2v) is 7.51. The molecule has 0 aliphatic heterocycles. The Morgan fingerprint density at radius 1 is 1.16 bits per heavy atom. The van der Waals surface area contributed by atoms with Crippen LogP contribution in [0.1, 0.15) is 20.9 Å². The minimum Gasteiger partial charge on any atom is -0.497 e. The third-order valence-corrected chi connectivity index (χ3v) is 5.20. The van der Waals surface area contributed by atoms with Gasteiger partial charge in [-0.25, -0.2) is 5.43 Å². The summed E-state index contributed by atoms with van der Waals surface area (Å²) in [6.07, 6.45) is 3.40. The molecule has 2 aromatic carbocycles. The molecule has 0 radical (unpaired) electrons. The maximum absolute atomic E-state index is 12.3. The smallest absolute Gasteiger partial charge is 0.257 e. The number of benzene rings is 2. The van der Waals surface area contributed by atoms with Gasteiger partial charge in [0.15, 0.2) is 0 Å². The Hall–Kier alpha value is -4.05. The van der Waals surface area contributed by atoms with Crippen molar-refractivity contribution >= 4 is 45.4 Å². The minimum absolute atomic E-state index is 0.00129. The van der Waals surface area contributed by atoms with Crippen molar-refractivity contribution in [2.24, 2.45) is 5.10 Å². The van der Waals surface area contributed by atoms with Crippen LogP contribution in [0.15, 0.2) is 59.8 Å². The van der Waals surface area contributed by atoms with Crippen LogP contribution in [0, 0.1) is 0 Å². The molecule has 2 heterocycles. The quantitative estimate of drug-likeness (QED) is 0.305. The topological polar surface area (TPSA) is 121 Å². The van der Waals surface area contributed by atoms with Crippen LogP contribution in [-0.4, -0.2) is 40.3 Å². The summed E-state index contributed by atoms with van der Waals surface area (Å²) in [6.45, 7) is 0. The van der Waals surface area contributed by atoms with Crippen molar-refractivity contribution in [1.29, 1.82) is 0 Å². The van der Waals surface area contributed by atoms with E-state index in [1.165, 1.54) is 0 Å². The second-order valence-electron chi connectivity index (χ2n) is 6.44. The van der Waals surface area contributed by atoms with Gasteiger partial charge in [0.2, 0.25) is 11.0 Å². The Balaban J connectivity index is 1.30. The summed E-state index contributed by atoms with van der Waals surface area (Å²) >= 11 is 1.13. The summed E-state index contributed by atoms with van der Waals surface area (Å²) < 4.78 is 5.07. The number of nitrogens with one attached hydrogen (secondary N) is 3. The highest BCUT2D eigenvalue weighted by molar-refractivity contribution is 7.15. The molecule has 0 unspecified atom stereocenters. The number of hydrazone groups is 1. The van der Waals surface area contributed by atoms with Crippen LogP contribution in [0.3, 0.4) is 0 Å². The van der Waals surface area contributed by atoms with E-state index in [2.05, 4.69) is 31.0 Å². The van der Waals surface area contributed by atoms with E-state index in [9.17, 15) is 9.59 Å². The van der Waals surface area contributed by atoms with Crippen molar-refractivity contribution in [3.8, 4) is 5.75 Å². The third-order valence-electron chi connectivity index (χ3n) is 4.37. The molecule has 0 bridgehead atoms. The fraction of sp³-hybridized carbons (Fsp3) is 0.0952. The molecular formula is C21H18N6O3S. The Morgan fingerprint density at radius 3 is 2.77 bits per heavy atom. The zero-order valence-corrected chi connectivity index (χ0v) is 17.3. The molecule has 2 amide bonds. The molecule has 2 aromatic heterocycles. The number of methoxy groups -OCH3 is 1. The van der Waals surface area contributed by atoms with Gasteiger partial charge in [0.05, 0.1) is 19.7 Å². The number of aromatic amines is 1. The molecule has 0 fully saturated rings. The molecular weight excluding hydrogens is 416 g/mol. The fourth-order valence-corrected chi connectivity index (χ4v) is 3.57. The minimum atomic E-state index is -0.333. The molecule has 10 heteroatoms. The van der Waals surface area contributed by atoms with Crippen LogP contribution in [-0.2, 0) is 11.2 Å². The molecule has 0 saturated heterocycles. The SMILES string of the molecule is COc1ccc(C(=O)Nc2nnc(CC(=O)N/N=C\c3c[nH]c4ccccc34)s2)cc1. The van der Waals surface area contributed by atoms with E-state index in [1.54, 1.807) is 37.6 Å². The summed E-state index contributed by atoms with van der Waals surface area (Å²) in [5, 5.41) is 16.3. The molecule has 9 nitrogen and oxygen atoms in total. The molecule has 0 aliphatic rings. The van der Waals surface area contributed by atoms with Gasteiger partial charge in [-0.2, -0.15) is 5.10 Å². The molecule has 0 saturated carbocycles. The number of hydrogen-bond acceptors (Lipinski definition) is 7. The maximum Gasteiger partial charge on any atom is 0.257 e. The van der Waals surface area contributed by atoms with Gasteiger partial charge in [-0.1, -0.05) is 29.5 Å². The highest BCUT2D eigenvalue weighted by atomic mass is 32.1. The lowest BCUT2D eigenvalue weighted by Gasteiger charge is -2.02. The average molecular weight is 434 g/mol. The van der Waals surface area contributed by atoms with Gasteiger partial charge in [-0.15, -0.1) is 10.2 Å². The van der Waals surface area contributed by atoms with Crippen molar-refractivity contribution in [1.82, 2.24) is 20.6 Å². The van der Waals surface area contributed by atoms with Crippen LogP contribution in [0.5, 0.6) is 5.75 Å². The summed E-state index contributed by atoms with van der Waals surface area (Å²) in [7, 11) is 1.56. The molecule has 4 rings (SSSR count). The van der Waals surface area contributed by atoms with E-state index in [0.717, 1.165) is 27.8 Å². The zero-order chi connectivity index (χ0) is 21.6. The maximum atomic E-state index is 12.3. The van der Waals surface area contributed by atoms with E-state index >= 15 is 0 Å². The molecule has 31 heavy (non-hydrogen) atoms. The average Bonchev–Trinajstić information content (AvgIpc) is 3.40. The molecule has 0 atom stereocenters. The van der Waals surface area contributed by atoms with Crippen molar-refractivity contribution < 1.29 is 14.3 Å². The van der Waals surface area contributed by atoms with Crippen molar-refractivity contribution in [3.05, 3.63) is 70.9 Å². The van der Waals surface area contributed by atoms with E-state index in [1.807, 2.05) is 30.5 Å². The molecule has 156 valence electrons. The number of amides is 2. The Morgan fingerprint density at radius 2 is 1.97 bits per heavy atom. The van der Waals surface area contributed by atoms with Gasteiger partial charge in [0.25, 0.3) is 5.91 Å². The lowest BCUT2D eigenvalue weighted by Crippen LogP contribution is -2.19. The number of hydrogen-bond donors (Lipinski definition) is 3. The number of aromatic nitrogens is 3. The van der Waals surface area contributed by atoms with Crippen LogP contribution < -0.4 is 15.5 Å². The number of nitrogens with zero attached hydrogens (tertiary/aromatic N) is 3. The van der Waals surface area contributed by atoms with Gasteiger partial charge in [0.1, 0.15) is 10.8 Å². The van der Waals surface area contributed by atoms with Gasteiger partial charge >= 0.3 is 0 Å². The molecule has 3 N–H and O–H groups in total. The van der Waals surface area contributed by atoms with E-state index in [0.29, 0.717) is 21.5 Å². The Kier molecular flexibility index (Phi) is 5.99. The Bertz CT molecular complexity index is 1250. The molecule has 0 aliphatic carbocycles. The highest BCUT2D eigenvalue weighted by Crippen LogP contribution is 2.18. The van der Waals surface area contributed by atoms with E-state index in [4.69, 9.17) is 4.74 Å². The largest absolute Gasteiger partial charge is 0.497 e. The Labute approximate surface area is 181 Å². The number of para-hydroxylation sites is 1. The van der Waals surface area contributed by atoms with Gasteiger partial charge < -0.3 is 9.72 Å². The standard InChI is InChI=1S/C21H18N6O3S/c1-30-15-8-6-13(7-9-15)20(29)24-21-27-26-19(31-21)10-18(28)25-23-12-14-11-22-17-5-3-2-4-16(14)17/h2-9,11-12,22H,10H2,1H3,(H,25,28)(H,24,27,29)/b23-12-. The predicted molar refractivity (Wildman–Crippen MR) is 119 cm³/mol. The van der Waals surface area contributed by atoms with Crippen molar-refractivity contribution in [2.45, 2.75) is 6.42 Å². The number of ether oxygens (including phenoxy) is 1. The first-order valence-corrected chi connectivity index (χ1v) is 10.1. The number of H-pyrrole nitrogens is 1. The van der Waals surface area contributed by atoms with E-state index < -0.39 is 0 Å². The van der Waals surface area contributed by atoms with Gasteiger partial charge in [-0.3, -0.25) is 14.9 Å². The third kappa shape index (κ3) is 4.93. The summed E-state index contributed by atoms with van der Waals surface area (Å²) in [5.41, 5.74) is 4.80. The molecule has 4 aromatic rings. The van der Waals surface area contributed by atoms with Crippen molar-refractivity contribution in [2.75, 3.05) is 12.4 Å². The monoisotopic (exact) mass is 434 g/mol. The lowest BCUT2D eigenvalue weighted by molar-refractivity contribution is -0.120. The number of fused-ring (bicyclic) bond motifs is 1.